The van der Waals surface area contributed by atoms with E-state index < -0.39 is 45.1 Å². The van der Waals surface area contributed by atoms with E-state index in [1.165, 1.54) is 109 Å². The Labute approximate surface area is 317 Å². The fraction of sp³-hybridized carbons (Fsp3) is 0.854. The molecule has 0 aromatic carbocycles. The van der Waals surface area contributed by atoms with Crippen molar-refractivity contribution in [2.24, 2.45) is 5.73 Å². The molecule has 0 saturated heterocycles. The molecule has 10 nitrogen and oxygen atoms in total. The van der Waals surface area contributed by atoms with Gasteiger partial charge in [0.25, 0.3) is 0 Å². The van der Waals surface area contributed by atoms with Crippen molar-refractivity contribution in [1.29, 1.82) is 0 Å². The molecular formula is C41H78NO9P. The number of hydrogen-bond donors (Lipinski definition) is 3. The number of unbranched alkanes of at least 4 members (excludes halogenated alkanes) is 22. The maximum atomic E-state index is 12.6. The number of phosphoric ester groups is 1. The fourth-order valence-corrected chi connectivity index (χ4v) is 6.47. The predicted molar refractivity (Wildman–Crippen MR) is 212 cm³/mol. The number of phosphoric acid groups is 1. The smallest absolute Gasteiger partial charge is 0.472 e. The Balaban J connectivity index is 4.26. The van der Waals surface area contributed by atoms with Crippen molar-refractivity contribution in [1.82, 2.24) is 0 Å². The Bertz CT molecular complexity index is 930. The van der Waals surface area contributed by atoms with Crippen LogP contribution < -0.4 is 5.73 Å². The van der Waals surface area contributed by atoms with E-state index >= 15 is 0 Å². The Hall–Kier alpha value is -1.55. The number of hydrogen-bond acceptors (Lipinski definition) is 8. The number of carboxylic acid groups (broad SMARTS) is 1. The molecule has 0 aliphatic heterocycles. The van der Waals surface area contributed by atoms with Crippen LogP contribution in [0.4, 0.5) is 0 Å². The molecule has 4 N–H and O–H groups in total. The van der Waals surface area contributed by atoms with Gasteiger partial charge in [-0.2, -0.15) is 0 Å². The van der Waals surface area contributed by atoms with Crippen LogP contribution in [0, 0.1) is 0 Å². The first-order valence-corrected chi connectivity index (χ1v) is 22.4. The molecule has 52 heavy (non-hydrogen) atoms. The van der Waals surface area contributed by atoms with Crippen molar-refractivity contribution in [2.75, 3.05) is 26.4 Å². The van der Waals surface area contributed by atoms with Gasteiger partial charge in [-0.15, -0.1) is 0 Å². The molecule has 0 bridgehead atoms. The standard InChI is InChI=1S/C41H78NO9P/c1-3-5-7-9-11-13-15-17-18-19-20-21-23-25-27-29-31-33-40(43)51-38(36-49-52(46,47)50-37-39(42)41(44)45)35-48-34-32-30-28-26-24-22-16-14-12-10-8-6-4-2/h11,13,17-18,38-39H,3-10,12,14-16,19-37,42H2,1-2H3,(H,44,45)(H,46,47)/b13-11-,18-17-. The Morgan fingerprint density at radius 1 is 0.615 bits per heavy atom. The van der Waals surface area contributed by atoms with Gasteiger partial charge in [0.2, 0.25) is 0 Å². The van der Waals surface area contributed by atoms with E-state index in [2.05, 4.69) is 38.2 Å². The van der Waals surface area contributed by atoms with Gasteiger partial charge < -0.3 is 25.2 Å². The first-order chi connectivity index (χ1) is 25.2. The number of carbonyl (C=O) groups is 2. The summed E-state index contributed by atoms with van der Waals surface area (Å²) in [5.41, 5.74) is 5.35. The van der Waals surface area contributed by atoms with Crippen LogP contribution >= 0.6 is 7.82 Å². The minimum Gasteiger partial charge on any atom is -0.480 e. The fourth-order valence-electron chi connectivity index (χ4n) is 5.69. The van der Waals surface area contributed by atoms with Crippen molar-refractivity contribution in [3.8, 4) is 0 Å². The lowest BCUT2D eigenvalue weighted by Crippen LogP contribution is -2.34. The highest BCUT2D eigenvalue weighted by atomic mass is 31.2. The zero-order valence-corrected chi connectivity index (χ0v) is 34.1. The van der Waals surface area contributed by atoms with E-state index in [9.17, 15) is 19.0 Å². The van der Waals surface area contributed by atoms with Crippen LogP contribution in [0.3, 0.4) is 0 Å². The topological polar surface area (TPSA) is 155 Å². The van der Waals surface area contributed by atoms with Crippen LogP contribution in [0.25, 0.3) is 0 Å². The Morgan fingerprint density at radius 2 is 1.06 bits per heavy atom. The molecule has 0 aliphatic carbocycles. The quantitative estimate of drug-likeness (QED) is 0.0238. The monoisotopic (exact) mass is 760 g/mol. The molecule has 11 heteroatoms. The lowest BCUT2D eigenvalue weighted by Gasteiger charge is -2.20. The van der Waals surface area contributed by atoms with E-state index in [1.54, 1.807) is 0 Å². The highest BCUT2D eigenvalue weighted by Crippen LogP contribution is 2.43. The molecule has 0 aromatic heterocycles. The molecule has 3 unspecified atom stereocenters. The number of nitrogens with two attached hydrogens (primary N) is 1. The summed E-state index contributed by atoms with van der Waals surface area (Å²) in [5.74, 6) is -1.78. The molecule has 0 fully saturated rings. The summed E-state index contributed by atoms with van der Waals surface area (Å²) in [7, 11) is -4.61. The summed E-state index contributed by atoms with van der Waals surface area (Å²) in [4.78, 5) is 33.5. The molecule has 0 radical (unpaired) electrons. The van der Waals surface area contributed by atoms with Gasteiger partial charge in [-0.25, -0.2) is 4.57 Å². The van der Waals surface area contributed by atoms with Crippen LogP contribution in [0.2, 0.25) is 0 Å². The Kier molecular flexibility index (Phi) is 36.6. The molecule has 3 atom stereocenters. The minimum atomic E-state index is -4.61. The van der Waals surface area contributed by atoms with Gasteiger partial charge in [0, 0.05) is 13.0 Å². The second-order valence-electron chi connectivity index (χ2n) is 14.1. The van der Waals surface area contributed by atoms with Gasteiger partial charge >= 0.3 is 19.8 Å². The zero-order chi connectivity index (χ0) is 38.4. The lowest BCUT2D eigenvalue weighted by atomic mass is 10.0. The average molecular weight is 760 g/mol. The Morgan fingerprint density at radius 3 is 1.60 bits per heavy atom. The zero-order valence-electron chi connectivity index (χ0n) is 33.2. The maximum absolute atomic E-state index is 12.6. The number of rotatable bonds is 40. The second-order valence-corrected chi connectivity index (χ2v) is 15.6. The van der Waals surface area contributed by atoms with E-state index in [4.69, 9.17) is 29.4 Å². The number of ether oxygens (including phenoxy) is 2. The number of carboxylic acids is 1. The van der Waals surface area contributed by atoms with E-state index in [0.29, 0.717) is 13.0 Å². The number of allylic oxidation sites excluding steroid dienone is 4. The predicted octanol–water partition coefficient (Wildman–Crippen LogP) is 11.1. The molecule has 0 saturated carbocycles. The molecule has 306 valence electrons. The molecule has 0 aromatic rings. The summed E-state index contributed by atoms with van der Waals surface area (Å²) in [5, 5.41) is 8.88. The first-order valence-electron chi connectivity index (χ1n) is 20.9. The summed E-state index contributed by atoms with van der Waals surface area (Å²) in [6.07, 6.45) is 39.3. The normalized spacial score (nSPS) is 14.2. The largest absolute Gasteiger partial charge is 0.480 e. The van der Waals surface area contributed by atoms with E-state index in [-0.39, 0.29) is 13.0 Å². The minimum absolute atomic E-state index is 0.0174. The van der Waals surface area contributed by atoms with Crippen molar-refractivity contribution in [2.45, 2.75) is 199 Å². The van der Waals surface area contributed by atoms with Crippen LogP contribution in [-0.4, -0.2) is 60.5 Å². The third kappa shape index (κ3) is 36.8. The van der Waals surface area contributed by atoms with E-state index in [1.807, 2.05) is 0 Å². The first kappa shape index (κ1) is 50.5. The van der Waals surface area contributed by atoms with Crippen molar-refractivity contribution in [3.05, 3.63) is 24.3 Å². The third-order valence-electron chi connectivity index (χ3n) is 8.98. The highest BCUT2D eigenvalue weighted by molar-refractivity contribution is 7.47. The third-order valence-corrected chi connectivity index (χ3v) is 9.93. The molecule has 0 spiro atoms. The van der Waals surface area contributed by atoms with Gasteiger partial charge in [-0.05, 0) is 44.9 Å². The maximum Gasteiger partial charge on any atom is 0.472 e. The second kappa shape index (κ2) is 37.8. The molecule has 0 heterocycles. The summed E-state index contributed by atoms with van der Waals surface area (Å²) < 4.78 is 33.3. The van der Waals surface area contributed by atoms with Crippen LogP contribution in [-0.2, 0) is 32.7 Å². The van der Waals surface area contributed by atoms with Crippen molar-refractivity contribution in [3.63, 3.8) is 0 Å². The summed E-state index contributed by atoms with van der Waals surface area (Å²) in [6, 6.07) is -1.47. The molecule has 0 amide bonds. The number of esters is 1. The van der Waals surface area contributed by atoms with Crippen molar-refractivity contribution < 1.29 is 42.7 Å². The highest BCUT2D eigenvalue weighted by Gasteiger charge is 2.27. The van der Waals surface area contributed by atoms with Gasteiger partial charge in [-0.3, -0.25) is 18.6 Å². The molecule has 0 aliphatic rings. The molecule has 0 rings (SSSR count). The number of aliphatic carboxylic acids is 1. The van der Waals surface area contributed by atoms with E-state index in [0.717, 1.165) is 51.4 Å². The van der Waals surface area contributed by atoms with Gasteiger partial charge in [0.15, 0.2) is 0 Å². The van der Waals surface area contributed by atoms with Crippen molar-refractivity contribution >= 4 is 19.8 Å². The van der Waals surface area contributed by atoms with Crippen LogP contribution in [0.15, 0.2) is 24.3 Å². The van der Waals surface area contributed by atoms with Gasteiger partial charge in [0.1, 0.15) is 12.1 Å². The molecular weight excluding hydrogens is 681 g/mol. The SMILES string of the molecule is CCCCC/C=C\C/C=C\CCCCCCCCCC(=O)OC(COCCCCCCCCCCCCCCC)COP(=O)(O)OCC(N)C(=O)O. The van der Waals surface area contributed by atoms with Crippen LogP contribution in [0.1, 0.15) is 187 Å². The van der Waals surface area contributed by atoms with Crippen LogP contribution in [0.5, 0.6) is 0 Å². The summed E-state index contributed by atoms with van der Waals surface area (Å²) in [6.45, 7) is 3.86. The van der Waals surface area contributed by atoms with Gasteiger partial charge in [-0.1, -0.05) is 160 Å². The number of carbonyl (C=O) groups excluding carboxylic acids is 1. The average Bonchev–Trinajstić information content (AvgIpc) is 3.12. The summed E-state index contributed by atoms with van der Waals surface area (Å²) >= 11 is 0. The lowest BCUT2D eigenvalue weighted by molar-refractivity contribution is -0.154. The van der Waals surface area contributed by atoms with Gasteiger partial charge in [0.05, 0.1) is 19.8 Å².